The molecule has 0 aliphatic carbocycles. The molecule has 0 aromatic heterocycles. The summed E-state index contributed by atoms with van der Waals surface area (Å²) in [5.41, 5.74) is 2.52. The number of halogens is 1. The lowest BCUT2D eigenvalue weighted by molar-refractivity contribution is 0.411. The maximum absolute atomic E-state index is 8.72. The van der Waals surface area contributed by atoms with Crippen LogP contribution in [0, 0.1) is 18.3 Å². The van der Waals surface area contributed by atoms with Crippen molar-refractivity contribution in [2.75, 3.05) is 7.11 Å². The zero-order valence-corrected chi connectivity index (χ0v) is 8.35. The zero-order chi connectivity index (χ0) is 9.84. The molecule has 0 saturated heterocycles. The molecule has 0 bridgehead atoms. The van der Waals surface area contributed by atoms with Crippen LogP contribution >= 0.6 is 11.6 Å². The van der Waals surface area contributed by atoms with Gasteiger partial charge in [0.05, 0.1) is 18.7 Å². The van der Waals surface area contributed by atoms with E-state index in [1.54, 1.807) is 19.2 Å². The Kier molecular flexibility index (Phi) is 3.16. The summed E-state index contributed by atoms with van der Waals surface area (Å²) in [6.07, 6.45) is 0. The van der Waals surface area contributed by atoms with Crippen LogP contribution in [-0.2, 0) is 5.88 Å². The molecular weight excluding hydrogens is 186 g/mol. The summed E-state index contributed by atoms with van der Waals surface area (Å²) >= 11 is 5.73. The molecule has 0 aliphatic rings. The highest BCUT2D eigenvalue weighted by molar-refractivity contribution is 6.17. The van der Waals surface area contributed by atoms with Gasteiger partial charge in [-0.3, -0.25) is 0 Å². The number of hydrogen-bond acceptors (Lipinski definition) is 2. The van der Waals surface area contributed by atoms with Crippen molar-refractivity contribution < 1.29 is 4.74 Å². The van der Waals surface area contributed by atoms with Gasteiger partial charge < -0.3 is 4.74 Å². The molecule has 0 N–H and O–H groups in total. The summed E-state index contributed by atoms with van der Waals surface area (Å²) in [6, 6.07) is 5.56. The van der Waals surface area contributed by atoms with Crippen molar-refractivity contribution in [2.45, 2.75) is 12.8 Å². The van der Waals surface area contributed by atoms with Crippen LogP contribution in [0.15, 0.2) is 12.1 Å². The van der Waals surface area contributed by atoms with Crippen LogP contribution < -0.4 is 4.74 Å². The molecule has 0 spiro atoms. The van der Waals surface area contributed by atoms with E-state index < -0.39 is 0 Å². The number of nitriles is 1. The Labute approximate surface area is 82.7 Å². The molecule has 1 aromatic carbocycles. The Bertz CT molecular complexity index is 329. The van der Waals surface area contributed by atoms with Gasteiger partial charge in [-0.15, -0.1) is 11.6 Å². The fourth-order valence-corrected chi connectivity index (χ4v) is 1.44. The molecule has 0 atom stereocenters. The minimum Gasteiger partial charge on any atom is -0.496 e. The van der Waals surface area contributed by atoms with Crippen LogP contribution in [-0.4, -0.2) is 7.11 Å². The van der Waals surface area contributed by atoms with Crippen molar-refractivity contribution >= 4 is 11.6 Å². The van der Waals surface area contributed by atoms with Crippen molar-refractivity contribution in [3.8, 4) is 11.8 Å². The van der Waals surface area contributed by atoms with Crippen molar-refractivity contribution in [1.29, 1.82) is 5.26 Å². The Hall–Kier alpha value is -1.20. The third-order valence-electron chi connectivity index (χ3n) is 1.96. The number of hydrogen-bond donors (Lipinski definition) is 0. The van der Waals surface area contributed by atoms with Crippen molar-refractivity contribution in [3.63, 3.8) is 0 Å². The Morgan fingerprint density at radius 3 is 2.69 bits per heavy atom. The number of alkyl halides is 1. The molecule has 0 radical (unpaired) electrons. The molecular formula is C10H10ClNO. The minimum absolute atomic E-state index is 0.401. The Morgan fingerprint density at radius 2 is 2.23 bits per heavy atom. The maximum Gasteiger partial charge on any atom is 0.123 e. The second-order valence-corrected chi connectivity index (χ2v) is 2.98. The van der Waals surface area contributed by atoms with Crippen molar-refractivity contribution in [3.05, 3.63) is 28.8 Å². The highest BCUT2D eigenvalue weighted by Gasteiger charge is 2.06. The quantitative estimate of drug-likeness (QED) is 0.680. The first-order valence-electron chi connectivity index (χ1n) is 3.86. The average molecular weight is 196 g/mol. The first kappa shape index (κ1) is 9.88. The normalized spacial score (nSPS) is 9.38. The second-order valence-electron chi connectivity index (χ2n) is 2.71. The van der Waals surface area contributed by atoms with Crippen LogP contribution in [0.3, 0.4) is 0 Å². The van der Waals surface area contributed by atoms with Gasteiger partial charge in [-0.05, 0) is 30.2 Å². The topological polar surface area (TPSA) is 33.0 Å². The van der Waals surface area contributed by atoms with E-state index in [0.29, 0.717) is 11.4 Å². The molecule has 68 valence electrons. The van der Waals surface area contributed by atoms with Crippen LogP contribution in [0.2, 0.25) is 0 Å². The lowest BCUT2D eigenvalue weighted by atomic mass is 10.1. The van der Waals surface area contributed by atoms with Crippen LogP contribution in [0.1, 0.15) is 16.7 Å². The van der Waals surface area contributed by atoms with Gasteiger partial charge in [0.25, 0.3) is 0 Å². The maximum atomic E-state index is 8.72. The van der Waals surface area contributed by atoms with Gasteiger partial charge in [0.1, 0.15) is 5.75 Å². The first-order chi connectivity index (χ1) is 6.22. The van der Waals surface area contributed by atoms with Gasteiger partial charge in [0, 0.05) is 5.88 Å². The molecule has 0 unspecified atom stereocenters. The van der Waals surface area contributed by atoms with Crippen LogP contribution in [0.4, 0.5) is 0 Å². The van der Waals surface area contributed by atoms with E-state index in [1.807, 2.05) is 6.92 Å². The van der Waals surface area contributed by atoms with Gasteiger partial charge in [-0.25, -0.2) is 0 Å². The standard InChI is InChI=1S/C10H10ClNO/c1-7-9(5-11)3-8(6-12)4-10(7)13-2/h3-4H,5H2,1-2H3. The van der Waals surface area contributed by atoms with Gasteiger partial charge in [-0.1, -0.05) is 0 Å². The summed E-state index contributed by atoms with van der Waals surface area (Å²) in [7, 11) is 1.58. The third-order valence-corrected chi connectivity index (χ3v) is 2.25. The number of rotatable bonds is 2. The molecule has 13 heavy (non-hydrogen) atoms. The lowest BCUT2D eigenvalue weighted by Gasteiger charge is -2.08. The van der Waals surface area contributed by atoms with Gasteiger partial charge in [0.15, 0.2) is 0 Å². The molecule has 0 aliphatic heterocycles. The molecule has 1 rings (SSSR count). The monoisotopic (exact) mass is 195 g/mol. The highest BCUT2D eigenvalue weighted by atomic mass is 35.5. The lowest BCUT2D eigenvalue weighted by Crippen LogP contribution is -1.93. The number of nitrogens with zero attached hydrogens (tertiary/aromatic N) is 1. The van der Waals surface area contributed by atoms with Gasteiger partial charge in [-0.2, -0.15) is 5.26 Å². The predicted octanol–water partition coefficient (Wildman–Crippen LogP) is 2.61. The van der Waals surface area contributed by atoms with Crippen molar-refractivity contribution in [2.24, 2.45) is 0 Å². The fourth-order valence-electron chi connectivity index (χ4n) is 1.16. The first-order valence-corrected chi connectivity index (χ1v) is 4.40. The molecule has 3 heteroatoms. The summed E-state index contributed by atoms with van der Waals surface area (Å²) in [5, 5.41) is 8.72. The van der Waals surface area contributed by atoms with Crippen LogP contribution in [0.5, 0.6) is 5.75 Å². The number of methoxy groups -OCH3 is 1. The van der Waals surface area contributed by atoms with Gasteiger partial charge >= 0.3 is 0 Å². The summed E-state index contributed by atoms with van der Waals surface area (Å²) in [5.74, 6) is 1.12. The fraction of sp³-hybridized carbons (Fsp3) is 0.300. The smallest absolute Gasteiger partial charge is 0.123 e. The van der Waals surface area contributed by atoms with E-state index in [1.165, 1.54) is 0 Å². The molecule has 2 nitrogen and oxygen atoms in total. The molecule has 0 saturated carbocycles. The SMILES string of the molecule is COc1cc(C#N)cc(CCl)c1C. The Balaban J connectivity index is 3.30. The molecule has 1 aromatic rings. The van der Waals surface area contributed by atoms with E-state index in [9.17, 15) is 0 Å². The minimum atomic E-state index is 0.401. The van der Waals surface area contributed by atoms with E-state index >= 15 is 0 Å². The largest absolute Gasteiger partial charge is 0.496 e. The van der Waals surface area contributed by atoms with Crippen LogP contribution in [0.25, 0.3) is 0 Å². The highest BCUT2D eigenvalue weighted by Crippen LogP contribution is 2.24. The second kappa shape index (κ2) is 4.15. The van der Waals surface area contributed by atoms with E-state index in [-0.39, 0.29) is 0 Å². The third kappa shape index (κ3) is 1.93. The average Bonchev–Trinajstić information content (AvgIpc) is 2.18. The predicted molar refractivity (Wildman–Crippen MR) is 52.0 cm³/mol. The number of benzene rings is 1. The van der Waals surface area contributed by atoms with E-state index in [4.69, 9.17) is 21.6 Å². The number of ether oxygens (including phenoxy) is 1. The Morgan fingerprint density at radius 1 is 1.54 bits per heavy atom. The molecule has 0 amide bonds. The summed E-state index contributed by atoms with van der Waals surface area (Å²) in [4.78, 5) is 0. The van der Waals surface area contributed by atoms with Crippen molar-refractivity contribution in [1.82, 2.24) is 0 Å². The van der Waals surface area contributed by atoms with E-state index in [2.05, 4.69) is 6.07 Å². The molecule has 0 heterocycles. The zero-order valence-electron chi connectivity index (χ0n) is 7.60. The van der Waals surface area contributed by atoms with E-state index in [0.717, 1.165) is 16.9 Å². The summed E-state index contributed by atoms with van der Waals surface area (Å²) < 4.78 is 5.12. The van der Waals surface area contributed by atoms with Gasteiger partial charge in [0.2, 0.25) is 0 Å². The summed E-state index contributed by atoms with van der Waals surface area (Å²) in [6.45, 7) is 1.93. The molecule has 0 fully saturated rings.